The van der Waals surface area contributed by atoms with Crippen molar-refractivity contribution in [2.45, 2.75) is 6.42 Å². The standard InChI is InChI=1S/C11H15N5O2S/c12-9-6-16-3-2-13-11(16)10(15-9)14-5-8-1-4-19(17,18)7-8/h2-3,6,8H,1,4-5,7,12H2,(H,14,15). The van der Waals surface area contributed by atoms with E-state index in [1.807, 2.05) is 0 Å². The summed E-state index contributed by atoms with van der Waals surface area (Å²) < 4.78 is 24.6. The van der Waals surface area contributed by atoms with E-state index in [9.17, 15) is 8.42 Å². The molecule has 102 valence electrons. The van der Waals surface area contributed by atoms with Gasteiger partial charge >= 0.3 is 0 Å². The second-order valence-corrected chi connectivity index (χ2v) is 7.05. The van der Waals surface area contributed by atoms with Gasteiger partial charge < -0.3 is 15.5 Å². The quantitative estimate of drug-likeness (QED) is 0.830. The van der Waals surface area contributed by atoms with Crippen molar-refractivity contribution in [2.24, 2.45) is 5.92 Å². The Morgan fingerprint density at radius 2 is 2.37 bits per heavy atom. The maximum absolute atomic E-state index is 11.4. The molecular weight excluding hydrogens is 266 g/mol. The highest BCUT2D eigenvalue weighted by Crippen LogP contribution is 2.20. The third-order valence-corrected chi connectivity index (χ3v) is 5.11. The smallest absolute Gasteiger partial charge is 0.180 e. The maximum atomic E-state index is 11.4. The van der Waals surface area contributed by atoms with Crippen LogP contribution in [0.1, 0.15) is 6.42 Å². The van der Waals surface area contributed by atoms with Gasteiger partial charge in [-0.3, -0.25) is 0 Å². The number of anilines is 2. The highest BCUT2D eigenvalue weighted by atomic mass is 32.2. The van der Waals surface area contributed by atoms with Gasteiger partial charge in [0.1, 0.15) is 5.82 Å². The van der Waals surface area contributed by atoms with Gasteiger partial charge in [0.25, 0.3) is 0 Å². The summed E-state index contributed by atoms with van der Waals surface area (Å²) in [6.07, 6.45) is 5.84. The Morgan fingerprint density at radius 1 is 1.53 bits per heavy atom. The van der Waals surface area contributed by atoms with Crippen LogP contribution in [0.4, 0.5) is 11.6 Å². The van der Waals surface area contributed by atoms with Crippen LogP contribution in [-0.4, -0.2) is 40.8 Å². The second kappa shape index (κ2) is 4.37. The zero-order chi connectivity index (χ0) is 13.5. The van der Waals surface area contributed by atoms with Gasteiger partial charge in [-0.25, -0.2) is 18.4 Å². The number of nitrogen functional groups attached to an aromatic ring is 1. The van der Waals surface area contributed by atoms with Gasteiger partial charge in [-0.1, -0.05) is 0 Å². The van der Waals surface area contributed by atoms with Gasteiger partial charge in [0.2, 0.25) is 0 Å². The van der Waals surface area contributed by atoms with Crippen molar-refractivity contribution < 1.29 is 8.42 Å². The van der Waals surface area contributed by atoms with Crippen LogP contribution in [0, 0.1) is 5.92 Å². The third kappa shape index (κ3) is 2.48. The molecule has 0 aliphatic carbocycles. The molecule has 1 fully saturated rings. The van der Waals surface area contributed by atoms with Crippen LogP contribution < -0.4 is 11.1 Å². The van der Waals surface area contributed by atoms with E-state index in [0.717, 1.165) is 0 Å². The van der Waals surface area contributed by atoms with Crippen molar-refractivity contribution in [1.29, 1.82) is 0 Å². The molecule has 0 amide bonds. The molecule has 2 aromatic rings. The van der Waals surface area contributed by atoms with Crippen LogP contribution in [0.25, 0.3) is 5.65 Å². The van der Waals surface area contributed by atoms with Gasteiger partial charge in [-0.05, 0) is 12.3 Å². The summed E-state index contributed by atoms with van der Waals surface area (Å²) in [5, 5.41) is 3.16. The first-order chi connectivity index (χ1) is 9.03. The fourth-order valence-electron chi connectivity index (χ4n) is 2.34. The van der Waals surface area contributed by atoms with Crippen molar-refractivity contribution in [1.82, 2.24) is 14.4 Å². The van der Waals surface area contributed by atoms with Gasteiger partial charge in [-0.15, -0.1) is 0 Å². The zero-order valence-corrected chi connectivity index (χ0v) is 11.1. The zero-order valence-electron chi connectivity index (χ0n) is 10.3. The maximum Gasteiger partial charge on any atom is 0.180 e. The normalized spacial score (nSPS) is 21.8. The first-order valence-electron chi connectivity index (χ1n) is 6.07. The Labute approximate surface area is 110 Å². The Kier molecular flexibility index (Phi) is 2.81. The summed E-state index contributed by atoms with van der Waals surface area (Å²) in [4.78, 5) is 8.40. The minimum Gasteiger partial charge on any atom is -0.382 e. The first kappa shape index (κ1) is 12.2. The minimum absolute atomic E-state index is 0.128. The van der Waals surface area contributed by atoms with E-state index in [1.54, 1.807) is 23.0 Å². The molecule has 0 radical (unpaired) electrons. The van der Waals surface area contributed by atoms with Crippen molar-refractivity contribution >= 4 is 27.1 Å². The van der Waals surface area contributed by atoms with Crippen molar-refractivity contribution in [3.63, 3.8) is 0 Å². The topological polar surface area (TPSA) is 102 Å². The fourth-order valence-corrected chi connectivity index (χ4v) is 4.21. The summed E-state index contributed by atoms with van der Waals surface area (Å²) in [6.45, 7) is 0.568. The second-order valence-electron chi connectivity index (χ2n) is 4.82. The van der Waals surface area contributed by atoms with E-state index < -0.39 is 9.84 Å². The van der Waals surface area contributed by atoms with Gasteiger partial charge in [-0.2, -0.15) is 0 Å². The molecule has 0 spiro atoms. The molecule has 7 nitrogen and oxygen atoms in total. The largest absolute Gasteiger partial charge is 0.382 e. The van der Waals surface area contributed by atoms with E-state index in [2.05, 4.69) is 15.3 Å². The molecule has 1 atom stereocenters. The van der Waals surface area contributed by atoms with E-state index >= 15 is 0 Å². The number of sulfone groups is 1. The van der Waals surface area contributed by atoms with E-state index in [0.29, 0.717) is 30.2 Å². The summed E-state index contributed by atoms with van der Waals surface area (Å²) >= 11 is 0. The van der Waals surface area contributed by atoms with Crippen molar-refractivity contribution in [3.8, 4) is 0 Å². The van der Waals surface area contributed by atoms with Crippen LogP contribution in [0.5, 0.6) is 0 Å². The van der Waals surface area contributed by atoms with Gasteiger partial charge in [0.15, 0.2) is 21.3 Å². The summed E-state index contributed by atoms with van der Waals surface area (Å²) in [7, 11) is -2.85. The fraction of sp³-hybridized carbons (Fsp3) is 0.455. The molecular formula is C11H15N5O2S. The Balaban J connectivity index is 1.77. The average molecular weight is 281 g/mol. The van der Waals surface area contributed by atoms with Crippen LogP contribution >= 0.6 is 0 Å². The van der Waals surface area contributed by atoms with Crippen molar-refractivity contribution in [3.05, 3.63) is 18.6 Å². The predicted octanol–water partition coefficient (Wildman–Crippen LogP) is 0.158. The van der Waals surface area contributed by atoms with Crippen molar-refractivity contribution in [2.75, 3.05) is 29.1 Å². The molecule has 2 aromatic heterocycles. The Morgan fingerprint density at radius 3 is 3.11 bits per heavy atom. The lowest BCUT2D eigenvalue weighted by Gasteiger charge is -2.11. The molecule has 0 saturated carbocycles. The van der Waals surface area contributed by atoms with E-state index in [1.165, 1.54) is 0 Å². The molecule has 0 bridgehead atoms. The molecule has 3 rings (SSSR count). The summed E-state index contributed by atoms with van der Waals surface area (Å²) in [5.41, 5.74) is 6.40. The lowest BCUT2D eigenvalue weighted by molar-refractivity contribution is 0.596. The number of nitrogens with zero attached hydrogens (tertiary/aromatic N) is 3. The van der Waals surface area contributed by atoms with E-state index in [-0.39, 0.29) is 17.4 Å². The highest BCUT2D eigenvalue weighted by Gasteiger charge is 2.27. The lowest BCUT2D eigenvalue weighted by Crippen LogP contribution is -2.17. The number of fused-ring (bicyclic) bond motifs is 1. The molecule has 1 saturated heterocycles. The number of aromatic nitrogens is 3. The van der Waals surface area contributed by atoms with Crippen LogP contribution in [-0.2, 0) is 9.84 Å². The average Bonchev–Trinajstić information content (AvgIpc) is 2.92. The molecule has 0 aromatic carbocycles. The van der Waals surface area contributed by atoms with E-state index in [4.69, 9.17) is 5.73 Å². The predicted molar refractivity (Wildman–Crippen MR) is 72.6 cm³/mol. The minimum atomic E-state index is -2.85. The number of nitrogens with two attached hydrogens (primary N) is 1. The monoisotopic (exact) mass is 281 g/mol. The van der Waals surface area contributed by atoms with Gasteiger partial charge in [0.05, 0.1) is 17.7 Å². The molecule has 1 unspecified atom stereocenters. The number of hydrogen-bond acceptors (Lipinski definition) is 6. The van der Waals surface area contributed by atoms with Crippen LogP contribution in [0.3, 0.4) is 0 Å². The molecule has 1 aliphatic heterocycles. The number of rotatable bonds is 3. The first-order valence-corrected chi connectivity index (χ1v) is 7.89. The summed E-state index contributed by atoms with van der Waals surface area (Å²) in [6, 6.07) is 0. The third-order valence-electron chi connectivity index (χ3n) is 3.28. The number of imidazole rings is 1. The Bertz CT molecular complexity index is 709. The SMILES string of the molecule is Nc1cn2ccnc2c(NCC2CCS(=O)(=O)C2)n1. The molecule has 19 heavy (non-hydrogen) atoms. The summed E-state index contributed by atoms with van der Waals surface area (Å²) in [5.74, 6) is 1.64. The number of hydrogen-bond donors (Lipinski definition) is 2. The highest BCUT2D eigenvalue weighted by molar-refractivity contribution is 7.91. The Hall–Kier alpha value is -1.83. The molecule has 8 heteroatoms. The molecule has 3 N–H and O–H groups in total. The van der Waals surface area contributed by atoms with Crippen LogP contribution in [0.15, 0.2) is 18.6 Å². The molecule has 1 aliphatic rings. The van der Waals surface area contributed by atoms with Crippen LogP contribution in [0.2, 0.25) is 0 Å². The molecule has 3 heterocycles. The number of nitrogens with one attached hydrogen (secondary N) is 1. The van der Waals surface area contributed by atoms with Gasteiger partial charge in [0, 0.05) is 18.9 Å². The lowest BCUT2D eigenvalue weighted by atomic mass is 10.1.